The Morgan fingerprint density at radius 1 is 0.897 bits per heavy atom. The monoisotopic (exact) mass is 391 g/mol. The molecule has 3 heterocycles. The average Bonchev–Trinajstić information content (AvgIpc) is 3.22. The molecular weight excluding hydrogens is 370 g/mol. The van der Waals surface area contributed by atoms with E-state index in [1.807, 2.05) is 42.5 Å². The first-order chi connectivity index (χ1) is 14.2. The van der Waals surface area contributed by atoms with Crippen LogP contribution >= 0.6 is 0 Å². The molecule has 2 aliphatic rings. The van der Waals surface area contributed by atoms with Gasteiger partial charge in [-0.15, -0.1) is 0 Å². The smallest absolute Gasteiger partial charge is 0.267 e. The van der Waals surface area contributed by atoms with Crippen molar-refractivity contribution in [3.05, 3.63) is 60.3 Å². The quantitative estimate of drug-likeness (QED) is 0.727. The number of amides is 2. The normalized spacial score (nSPS) is 18.7. The number of hydrogen-bond donors (Lipinski definition) is 1. The number of benzene rings is 2. The van der Waals surface area contributed by atoms with Gasteiger partial charge in [-0.3, -0.25) is 9.59 Å². The van der Waals surface area contributed by atoms with Crippen LogP contribution in [0.2, 0.25) is 0 Å². The Balaban J connectivity index is 1.22. The van der Waals surface area contributed by atoms with Crippen molar-refractivity contribution < 1.29 is 19.1 Å². The fraction of sp³-hybridized carbons (Fsp3) is 0.273. The Kier molecular flexibility index (Phi) is 4.35. The molecule has 0 bridgehead atoms. The predicted molar refractivity (Wildman–Crippen MR) is 107 cm³/mol. The van der Waals surface area contributed by atoms with Crippen LogP contribution in [-0.4, -0.2) is 65.5 Å². The minimum Gasteiger partial charge on any atom is -0.485 e. The summed E-state index contributed by atoms with van der Waals surface area (Å²) >= 11 is 0. The molecule has 0 spiro atoms. The molecule has 7 nitrogen and oxygen atoms in total. The summed E-state index contributed by atoms with van der Waals surface area (Å²) in [6.45, 7) is 2.15. The molecule has 1 N–H and O–H groups in total. The second-order valence-electron chi connectivity index (χ2n) is 7.23. The van der Waals surface area contributed by atoms with Crippen LogP contribution in [-0.2, 0) is 4.79 Å². The second-order valence-corrected chi connectivity index (χ2v) is 7.23. The van der Waals surface area contributed by atoms with Crippen molar-refractivity contribution in [2.24, 2.45) is 0 Å². The molecular formula is C22H21N3O4. The number of aromatic amines is 1. The molecule has 7 heteroatoms. The van der Waals surface area contributed by atoms with E-state index < -0.39 is 6.10 Å². The summed E-state index contributed by atoms with van der Waals surface area (Å²) in [5, 5.41) is 0.919. The minimum absolute atomic E-state index is 0.0132. The van der Waals surface area contributed by atoms with Gasteiger partial charge in [-0.25, -0.2) is 0 Å². The number of piperazine rings is 1. The van der Waals surface area contributed by atoms with E-state index in [-0.39, 0.29) is 18.4 Å². The molecule has 1 aromatic heterocycles. The molecule has 2 amide bonds. The van der Waals surface area contributed by atoms with Crippen molar-refractivity contribution in [1.29, 1.82) is 0 Å². The van der Waals surface area contributed by atoms with Crippen molar-refractivity contribution in [2.75, 3.05) is 32.8 Å². The van der Waals surface area contributed by atoms with Crippen LogP contribution in [0.4, 0.5) is 0 Å². The number of para-hydroxylation sites is 3. The van der Waals surface area contributed by atoms with E-state index in [1.165, 1.54) is 0 Å². The summed E-state index contributed by atoms with van der Waals surface area (Å²) < 4.78 is 11.5. The first kappa shape index (κ1) is 17.6. The highest BCUT2D eigenvalue weighted by atomic mass is 16.6. The van der Waals surface area contributed by atoms with Gasteiger partial charge in [0.05, 0.1) is 5.56 Å². The maximum atomic E-state index is 12.9. The largest absolute Gasteiger partial charge is 0.485 e. The van der Waals surface area contributed by atoms with Crippen molar-refractivity contribution in [3.8, 4) is 11.5 Å². The third-order valence-electron chi connectivity index (χ3n) is 5.48. The van der Waals surface area contributed by atoms with E-state index in [0.29, 0.717) is 43.2 Å². The average molecular weight is 391 g/mol. The van der Waals surface area contributed by atoms with Gasteiger partial charge in [0.25, 0.3) is 11.8 Å². The SMILES string of the molecule is O=C(c1c[nH]c2ccccc12)N1CCN(C(=O)[C@H]2COc3ccccc3O2)CC1. The number of fused-ring (bicyclic) bond motifs is 2. The molecule has 1 fully saturated rings. The van der Waals surface area contributed by atoms with E-state index in [2.05, 4.69) is 4.98 Å². The molecule has 0 radical (unpaired) electrons. The zero-order valence-corrected chi connectivity index (χ0v) is 15.8. The molecule has 0 unspecified atom stereocenters. The van der Waals surface area contributed by atoms with Gasteiger partial charge in [0.15, 0.2) is 11.5 Å². The molecule has 2 aliphatic heterocycles. The summed E-state index contributed by atoms with van der Waals surface area (Å²) in [5.74, 6) is 1.13. The number of nitrogens with zero attached hydrogens (tertiary/aromatic N) is 2. The summed E-state index contributed by atoms with van der Waals surface area (Å²) in [7, 11) is 0. The summed E-state index contributed by atoms with van der Waals surface area (Å²) in [6.07, 6.45) is 1.11. The van der Waals surface area contributed by atoms with Crippen LogP contribution in [0.15, 0.2) is 54.7 Å². The third-order valence-corrected chi connectivity index (χ3v) is 5.48. The highest BCUT2D eigenvalue weighted by molar-refractivity contribution is 6.06. The summed E-state index contributed by atoms with van der Waals surface area (Å²) in [4.78, 5) is 32.5. The zero-order chi connectivity index (χ0) is 19.8. The third kappa shape index (κ3) is 3.18. The lowest BCUT2D eigenvalue weighted by atomic mass is 10.1. The van der Waals surface area contributed by atoms with Gasteiger partial charge in [-0.2, -0.15) is 0 Å². The van der Waals surface area contributed by atoms with E-state index in [4.69, 9.17) is 9.47 Å². The van der Waals surface area contributed by atoms with Crippen LogP contribution in [0.25, 0.3) is 10.9 Å². The van der Waals surface area contributed by atoms with Crippen LogP contribution in [0.5, 0.6) is 11.5 Å². The highest BCUT2D eigenvalue weighted by Crippen LogP contribution is 2.31. The minimum atomic E-state index is -0.652. The molecule has 1 atom stereocenters. The van der Waals surface area contributed by atoms with Gasteiger partial charge in [0.1, 0.15) is 6.61 Å². The van der Waals surface area contributed by atoms with Crippen LogP contribution in [0.1, 0.15) is 10.4 Å². The predicted octanol–water partition coefficient (Wildman–Crippen LogP) is 2.29. The Hall–Kier alpha value is -3.48. The van der Waals surface area contributed by atoms with E-state index in [1.54, 1.807) is 22.1 Å². The number of aromatic nitrogens is 1. The van der Waals surface area contributed by atoms with Gasteiger partial charge in [-0.1, -0.05) is 30.3 Å². The maximum absolute atomic E-state index is 12.9. The van der Waals surface area contributed by atoms with Crippen LogP contribution in [0, 0.1) is 0 Å². The Bertz CT molecular complexity index is 1070. The number of rotatable bonds is 2. The zero-order valence-electron chi connectivity index (χ0n) is 15.8. The maximum Gasteiger partial charge on any atom is 0.267 e. The topological polar surface area (TPSA) is 74.9 Å². The van der Waals surface area contributed by atoms with Gasteiger partial charge in [0, 0.05) is 43.3 Å². The van der Waals surface area contributed by atoms with Crippen molar-refractivity contribution in [3.63, 3.8) is 0 Å². The van der Waals surface area contributed by atoms with Crippen LogP contribution in [0.3, 0.4) is 0 Å². The number of ether oxygens (including phenoxy) is 2. The second kappa shape index (κ2) is 7.16. The Morgan fingerprint density at radius 3 is 2.41 bits per heavy atom. The van der Waals surface area contributed by atoms with Gasteiger partial charge in [-0.05, 0) is 18.2 Å². The fourth-order valence-corrected chi connectivity index (χ4v) is 3.89. The van der Waals surface area contributed by atoms with Gasteiger partial charge >= 0.3 is 0 Å². The lowest BCUT2D eigenvalue weighted by Gasteiger charge is -2.37. The van der Waals surface area contributed by atoms with E-state index in [0.717, 1.165) is 10.9 Å². The van der Waals surface area contributed by atoms with Gasteiger partial charge in [0.2, 0.25) is 6.10 Å². The molecule has 3 aromatic rings. The first-order valence-electron chi connectivity index (χ1n) is 9.73. The lowest BCUT2D eigenvalue weighted by molar-refractivity contribution is -0.142. The number of carbonyl (C=O) groups excluding carboxylic acids is 2. The molecule has 148 valence electrons. The molecule has 5 rings (SSSR count). The fourth-order valence-electron chi connectivity index (χ4n) is 3.89. The molecule has 0 aliphatic carbocycles. The molecule has 2 aromatic carbocycles. The number of hydrogen-bond acceptors (Lipinski definition) is 4. The molecule has 29 heavy (non-hydrogen) atoms. The highest BCUT2D eigenvalue weighted by Gasteiger charge is 2.33. The standard InChI is InChI=1S/C22H21N3O4/c26-21(16-13-23-17-6-2-1-5-15(16)17)24-9-11-25(12-10-24)22(27)20-14-28-18-7-3-4-8-19(18)29-20/h1-8,13,20,23H,9-12,14H2/t20-/m1/s1. The van der Waals surface area contributed by atoms with E-state index in [9.17, 15) is 9.59 Å². The molecule has 0 saturated carbocycles. The summed E-state index contributed by atoms with van der Waals surface area (Å²) in [5.41, 5.74) is 1.61. The summed E-state index contributed by atoms with van der Waals surface area (Å²) in [6, 6.07) is 15.1. The number of H-pyrrole nitrogens is 1. The van der Waals surface area contributed by atoms with Gasteiger partial charge < -0.3 is 24.3 Å². The van der Waals surface area contributed by atoms with Crippen molar-refractivity contribution in [1.82, 2.24) is 14.8 Å². The first-order valence-corrected chi connectivity index (χ1v) is 9.73. The van der Waals surface area contributed by atoms with Crippen molar-refractivity contribution in [2.45, 2.75) is 6.10 Å². The number of nitrogens with one attached hydrogen (secondary N) is 1. The Labute approximate surface area is 167 Å². The number of carbonyl (C=O) groups is 2. The van der Waals surface area contributed by atoms with E-state index >= 15 is 0 Å². The lowest BCUT2D eigenvalue weighted by Crippen LogP contribution is -2.55. The Morgan fingerprint density at radius 2 is 1.59 bits per heavy atom. The van der Waals surface area contributed by atoms with Crippen LogP contribution < -0.4 is 9.47 Å². The van der Waals surface area contributed by atoms with Crippen molar-refractivity contribution >= 4 is 22.7 Å². The molecule has 1 saturated heterocycles.